The van der Waals surface area contributed by atoms with Gasteiger partial charge in [0.2, 0.25) is 5.91 Å². The van der Waals surface area contributed by atoms with E-state index in [4.69, 9.17) is 15.2 Å². The molecule has 2 aromatic rings. The van der Waals surface area contributed by atoms with Crippen LogP contribution in [0.15, 0.2) is 48.5 Å². The Labute approximate surface area is 173 Å². The Morgan fingerprint density at radius 3 is 2.38 bits per heavy atom. The minimum Gasteiger partial charge on any atom is -0.493 e. The quantitative estimate of drug-likeness (QED) is 0.715. The topological polar surface area (TPSA) is 73.6 Å². The van der Waals surface area contributed by atoms with Crippen LogP contribution in [-0.2, 0) is 16.6 Å². The van der Waals surface area contributed by atoms with Crippen molar-refractivity contribution >= 4 is 5.91 Å². The summed E-state index contributed by atoms with van der Waals surface area (Å²) < 4.78 is 10.9. The first-order chi connectivity index (χ1) is 14.1. The fourth-order valence-corrected chi connectivity index (χ4v) is 4.31. The minimum absolute atomic E-state index is 0.0973. The van der Waals surface area contributed by atoms with E-state index in [-0.39, 0.29) is 11.3 Å². The van der Waals surface area contributed by atoms with Crippen LogP contribution in [0.5, 0.6) is 11.5 Å². The standard InChI is InChI=1S/C24H32N2O3/c1-28-21-12-11-19(16-22(21)29-2)24(13-7-4-8-14-24)17-26-23(27)20(25)15-18-9-5-3-6-10-18/h3,5-6,9-12,16,20H,4,7-8,13-15,17,25H2,1-2H3,(H,26,27)/t20-/m0/s1. The zero-order valence-electron chi connectivity index (χ0n) is 17.4. The van der Waals surface area contributed by atoms with E-state index in [1.165, 1.54) is 12.0 Å². The number of methoxy groups -OCH3 is 2. The highest BCUT2D eigenvalue weighted by Crippen LogP contribution is 2.42. The van der Waals surface area contributed by atoms with Gasteiger partial charge in [0.25, 0.3) is 0 Å². The van der Waals surface area contributed by atoms with E-state index in [1.807, 2.05) is 36.4 Å². The molecule has 1 aliphatic carbocycles. The van der Waals surface area contributed by atoms with Crippen molar-refractivity contribution in [3.05, 3.63) is 59.7 Å². The summed E-state index contributed by atoms with van der Waals surface area (Å²) >= 11 is 0. The van der Waals surface area contributed by atoms with Crippen molar-refractivity contribution in [3.8, 4) is 11.5 Å². The Morgan fingerprint density at radius 1 is 1.03 bits per heavy atom. The molecule has 0 heterocycles. The normalized spacial score (nSPS) is 16.7. The lowest BCUT2D eigenvalue weighted by Crippen LogP contribution is -2.48. The van der Waals surface area contributed by atoms with Gasteiger partial charge >= 0.3 is 0 Å². The highest BCUT2D eigenvalue weighted by molar-refractivity contribution is 5.82. The Bertz CT molecular complexity index is 801. The summed E-state index contributed by atoms with van der Waals surface area (Å²) in [6.07, 6.45) is 6.15. The molecule has 3 N–H and O–H groups in total. The third-order valence-corrected chi connectivity index (χ3v) is 6.04. The summed E-state index contributed by atoms with van der Waals surface area (Å²) in [6, 6.07) is 15.4. The van der Waals surface area contributed by atoms with Crippen LogP contribution in [0.1, 0.15) is 43.2 Å². The molecule has 0 spiro atoms. The lowest BCUT2D eigenvalue weighted by atomic mass is 9.69. The van der Waals surface area contributed by atoms with Crippen molar-refractivity contribution in [2.45, 2.75) is 50.0 Å². The average molecular weight is 397 g/mol. The van der Waals surface area contributed by atoms with E-state index in [0.717, 1.165) is 42.7 Å². The number of ether oxygens (including phenoxy) is 2. The van der Waals surface area contributed by atoms with Crippen LogP contribution < -0.4 is 20.5 Å². The minimum atomic E-state index is -0.552. The fourth-order valence-electron chi connectivity index (χ4n) is 4.31. The Balaban J connectivity index is 1.73. The zero-order valence-corrected chi connectivity index (χ0v) is 17.4. The molecule has 5 heteroatoms. The van der Waals surface area contributed by atoms with Crippen LogP contribution in [-0.4, -0.2) is 32.7 Å². The molecule has 1 saturated carbocycles. The summed E-state index contributed by atoms with van der Waals surface area (Å²) in [7, 11) is 3.29. The summed E-state index contributed by atoms with van der Waals surface area (Å²) in [5.74, 6) is 1.34. The lowest BCUT2D eigenvalue weighted by Gasteiger charge is -2.38. The van der Waals surface area contributed by atoms with Gasteiger partial charge in [-0.05, 0) is 42.5 Å². The molecule has 0 aromatic heterocycles. The van der Waals surface area contributed by atoms with Gasteiger partial charge in [0.05, 0.1) is 20.3 Å². The van der Waals surface area contributed by atoms with E-state index in [2.05, 4.69) is 17.4 Å². The maximum Gasteiger partial charge on any atom is 0.237 e. The summed E-state index contributed by atoms with van der Waals surface area (Å²) in [4.78, 5) is 12.7. The van der Waals surface area contributed by atoms with Gasteiger partial charge < -0.3 is 20.5 Å². The van der Waals surface area contributed by atoms with Crippen molar-refractivity contribution in [2.24, 2.45) is 5.73 Å². The summed E-state index contributed by atoms with van der Waals surface area (Å²) in [5, 5.41) is 3.14. The maximum atomic E-state index is 12.7. The molecule has 1 amide bonds. The lowest BCUT2D eigenvalue weighted by molar-refractivity contribution is -0.122. The first-order valence-electron chi connectivity index (χ1n) is 10.4. The number of rotatable bonds is 8. The van der Waals surface area contributed by atoms with Crippen molar-refractivity contribution in [2.75, 3.05) is 20.8 Å². The summed E-state index contributed by atoms with van der Waals surface area (Å²) in [5.41, 5.74) is 8.34. The first-order valence-corrected chi connectivity index (χ1v) is 10.4. The number of hydrogen-bond donors (Lipinski definition) is 2. The average Bonchev–Trinajstić information content (AvgIpc) is 2.78. The number of benzene rings is 2. The van der Waals surface area contributed by atoms with Crippen molar-refractivity contribution < 1.29 is 14.3 Å². The van der Waals surface area contributed by atoms with E-state index in [1.54, 1.807) is 14.2 Å². The Kier molecular flexibility index (Phi) is 7.15. The highest BCUT2D eigenvalue weighted by atomic mass is 16.5. The molecule has 2 aromatic carbocycles. The molecular weight excluding hydrogens is 364 g/mol. The van der Waals surface area contributed by atoms with Gasteiger partial charge in [-0.15, -0.1) is 0 Å². The summed E-state index contributed by atoms with van der Waals surface area (Å²) in [6.45, 7) is 0.587. The van der Waals surface area contributed by atoms with Crippen LogP contribution in [0, 0.1) is 0 Å². The van der Waals surface area contributed by atoms with E-state index >= 15 is 0 Å². The third kappa shape index (κ3) is 5.10. The van der Waals surface area contributed by atoms with Gasteiger partial charge in [-0.3, -0.25) is 4.79 Å². The van der Waals surface area contributed by atoms with E-state index in [9.17, 15) is 4.79 Å². The predicted octanol–water partition coefficient (Wildman–Crippen LogP) is 3.59. The van der Waals surface area contributed by atoms with Crippen molar-refractivity contribution in [1.29, 1.82) is 0 Å². The van der Waals surface area contributed by atoms with Crippen LogP contribution in [0.4, 0.5) is 0 Å². The molecule has 29 heavy (non-hydrogen) atoms. The highest BCUT2D eigenvalue weighted by Gasteiger charge is 2.35. The number of hydrogen-bond acceptors (Lipinski definition) is 4. The fraction of sp³-hybridized carbons (Fsp3) is 0.458. The zero-order chi connectivity index (χ0) is 20.7. The molecule has 0 radical (unpaired) electrons. The van der Waals surface area contributed by atoms with Gasteiger partial charge in [0.15, 0.2) is 11.5 Å². The molecule has 0 unspecified atom stereocenters. The molecule has 1 fully saturated rings. The van der Waals surface area contributed by atoms with E-state index < -0.39 is 6.04 Å². The van der Waals surface area contributed by atoms with Crippen LogP contribution in [0.2, 0.25) is 0 Å². The van der Waals surface area contributed by atoms with Crippen LogP contribution in [0.25, 0.3) is 0 Å². The first kappa shape index (κ1) is 21.2. The Morgan fingerprint density at radius 2 is 1.72 bits per heavy atom. The van der Waals surface area contributed by atoms with Gasteiger partial charge in [-0.2, -0.15) is 0 Å². The van der Waals surface area contributed by atoms with Crippen LogP contribution >= 0.6 is 0 Å². The molecule has 0 saturated heterocycles. The largest absolute Gasteiger partial charge is 0.493 e. The predicted molar refractivity (Wildman–Crippen MR) is 115 cm³/mol. The van der Waals surface area contributed by atoms with E-state index in [0.29, 0.717) is 13.0 Å². The molecule has 156 valence electrons. The molecule has 1 atom stereocenters. The second kappa shape index (κ2) is 9.79. The third-order valence-electron chi connectivity index (χ3n) is 6.04. The molecule has 0 aliphatic heterocycles. The number of nitrogens with two attached hydrogens (primary N) is 1. The molecule has 1 aliphatic rings. The van der Waals surface area contributed by atoms with Gasteiger partial charge in [-0.1, -0.05) is 55.7 Å². The molecule has 0 bridgehead atoms. The molecular formula is C24H32N2O3. The van der Waals surface area contributed by atoms with Crippen molar-refractivity contribution in [3.63, 3.8) is 0 Å². The van der Waals surface area contributed by atoms with Crippen LogP contribution in [0.3, 0.4) is 0 Å². The number of carbonyl (C=O) groups is 1. The maximum absolute atomic E-state index is 12.7. The van der Waals surface area contributed by atoms with Gasteiger partial charge in [0.1, 0.15) is 0 Å². The molecule has 3 rings (SSSR count). The smallest absolute Gasteiger partial charge is 0.237 e. The number of amides is 1. The number of nitrogens with one attached hydrogen (secondary N) is 1. The second-order valence-electron chi connectivity index (χ2n) is 7.92. The van der Waals surface area contributed by atoms with Crippen molar-refractivity contribution in [1.82, 2.24) is 5.32 Å². The monoisotopic (exact) mass is 396 g/mol. The molecule has 5 nitrogen and oxygen atoms in total. The Hall–Kier alpha value is -2.53. The second-order valence-corrected chi connectivity index (χ2v) is 7.92. The van der Waals surface area contributed by atoms with Gasteiger partial charge in [0, 0.05) is 12.0 Å². The SMILES string of the molecule is COc1ccc(C2(CNC(=O)[C@@H](N)Cc3ccccc3)CCCCC2)cc1OC. The van der Waals surface area contributed by atoms with Gasteiger partial charge in [-0.25, -0.2) is 0 Å². The number of carbonyl (C=O) groups excluding carboxylic acids is 1.